The molecule has 9 heteroatoms. The predicted octanol–water partition coefficient (Wildman–Crippen LogP) is 2.54. The smallest absolute Gasteiger partial charge is 0.309 e. The van der Waals surface area contributed by atoms with Crippen molar-refractivity contribution in [1.82, 2.24) is 4.31 Å². The lowest BCUT2D eigenvalue weighted by atomic mass is 10.1. The fourth-order valence-corrected chi connectivity index (χ4v) is 5.79. The number of anilines is 1. The molecule has 8 nitrogen and oxygen atoms in total. The highest BCUT2D eigenvalue weighted by molar-refractivity contribution is 7.89. The van der Waals surface area contributed by atoms with Crippen LogP contribution in [-0.2, 0) is 37.2 Å². The number of sulfonamides is 1. The Kier molecular flexibility index (Phi) is 6.99. The van der Waals surface area contributed by atoms with Gasteiger partial charge in [0, 0.05) is 25.3 Å². The highest BCUT2D eigenvalue weighted by atomic mass is 32.2. The third kappa shape index (κ3) is 5.20. The van der Waals surface area contributed by atoms with Gasteiger partial charge in [-0.05, 0) is 60.7 Å². The van der Waals surface area contributed by atoms with Crippen LogP contribution in [-0.4, -0.2) is 58.0 Å². The third-order valence-corrected chi connectivity index (χ3v) is 7.96. The number of amides is 1. The average molecular weight is 473 g/mol. The lowest BCUT2D eigenvalue weighted by Gasteiger charge is -2.26. The van der Waals surface area contributed by atoms with E-state index in [1.165, 1.54) is 7.11 Å². The first kappa shape index (κ1) is 23.3. The number of carbonyl (C=O) groups excluding carboxylic acids is 2. The van der Waals surface area contributed by atoms with E-state index in [4.69, 9.17) is 4.74 Å². The lowest BCUT2D eigenvalue weighted by molar-refractivity contribution is -0.139. The number of methoxy groups -OCH3 is 1. The number of esters is 1. The van der Waals surface area contributed by atoms with Crippen molar-refractivity contribution in [3.8, 4) is 5.75 Å². The number of hydrogen-bond donors (Lipinski definition) is 0. The molecule has 0 saturated carbocycles. The fraction of sp³-hybridized carbons (Fsp3) is 0.417. The van der Waals surface area contributed by atoms with Gasteiger partial charge < -0.3 is 14.4 Å². The zero-order valence-electron chi connectivity index (χ0n) is 18.7. The monoisotopic (exact) mass is 472 g/mol. The van der Waals surface area contributed by atoms with Crippen LogP contribution in [0.3, 0.4) is 0 Å². The van der Waals surface area contributed by atoms with Crippen LogP contribution in [0.2, 0.25) is 0 Å². The summed E-state index contributed by atoms with van der Waals surface area (Å²) in [6.07, 6.45) is 3.62. The Morgan fingerprint density at radius 3 is 2.39 bits per heavy atom. The normalized spacial score (nSPS) is 16.3. The van der Waals surface area contributed by atoms with Crippen LogP contribution in [0.15, 0.2) is 47.4 Å². The zero-order chi connectivity index (χ0) is 23.4. The summed E-state index contributed by atoms with van der Waals surface area (Å²) in [5, 5.41) is 0. The molecule has 0 N–H and O–H groups in total. The predicted molar refractivity (Wildman–Crippen MR) is 123 cm³/mol. The first-order valence-electron chi connectivity index (χ1n) is 11.1. The molecule has 33 heavy (non-hydrogen) atoms. The average Bonchev–Trinajstić information content (AvgIpc) is 3.27. The van der Waals surface area contributed by atoms with Crippen LogP contribution < -0.4 is 9.64 Å². The van der Waals surface area contributed by atoms with Crippen LogP contribution in [0, 0.1) is 0 Å². The number of benzene rings is 2. The summed E-state index contributed by atoms with van der Waals surface area (Å²) in [4.78, 5) is 26.1. The number of nitrogens with zero attached hydrogens (tertiary/aromatic N) is 2. The molecule has 2 aliphatic rings. The summed E-state index contributed by atoms with van der Waals surface area (Å²) in [6.45, 7) is 1.47. The maximum absolute atomic E-state index is 13.0. The first-order chi connectivity index (χ1) is 15.9. The van der Waals surface area contributed by atoms with Gasteiger partial charge in [-0.15, -0.1) is 0 Å². The first-order valence-corrected chi connectivity index (χ1v) is 12.5. The topological polar surface area (TPSA) is 93.2 Å². The summed E-state index contributed by atoms with van der Waals surface area (Å²) in [5.74, 6) is 0.0109. The minimum Gasteiger partial charge on any atom is -0.484 e. The highest BCUT2D eigenvalue weighted by Gasteiger charge is 2.30. The van der Waals surface area contributed by atoms with Crippen LogP contribution >= 0.6 is 0 Å². The van der Waals surface area contributed by atoms with Gasteiger partial charge in [0.05, 0.1) is 18.4 Å². The summed E-state index contributed by atoms with van der Waals surface area (Å²) in [6, 6.07) is 11.9. The Bertz CT molecular complexity index is 1120. The van der Waals surface area contributed by atoms with Crippen molar-refractivity contribution in [2.75, 3.05) is 38.3 Å². The molecule has 176 valence electrons. The molecule has 0 unspecified atom stereocenters. The Morgan fingerprint density at radius 1 is 0.970 bits per heavy atom. The van der Waals surface area contributed by atoms with E-state index in [-0.39, 0.29) is 24.9 Å². The van der Waals surface area contributed by atoms with Gasteiger partial charge in [0.25, 0.3) is 5.91 Å². The second-order valence-electron chi connectivity index (χ2n) is 8.24. The van der Waals surface area contributed by atoms with Crippen molar-refractivity contribution < 1.29 is 27.5 Å². The summed E-state index contributed by atoms with van der Waals surface area (Å²) in [5.41, 5.74) is 2.38. The Labute approximate surface area is 194 Å². The van der Waals surface area contributed by atoms with Crippen molar-refractivity contribution in [2.24, 2.45) is 0 Å². The van der Waals surface area contributed by atoms with Crippen LogP contribution in [0.25, 0.3) is 0 Å². The second kappa shape index (κ2) is 9.93. The molecule has 1 saturated heterocycles. The molecule has 2 aromatic rings. The number of piperidine rings is 1. The molecule has 2 aliphatic heterocycles. The number of fused-ring (bicyclic) bond motifs is 1. The molecule has 0 radical (unpaired) electrons. The fourth-order valence-electron chi connectivity index (χ4n) is 4.22. The van der Waals surface area contributed by atoms with Crippen LogP contribution in [0.4, 0.5) is 5.69 Å². The van der Waals surface area contributed by atoms with Gasteiger partial charge in [0.15, 0.2) is 6.61 Å². The molecule has 4 rings (SSSR count). The third-order valence-electron chi connectivity index (χ3n) is 6.06. The van der Waals surface area contributed by atoms with Gasteiger partial charge in [-0.1, -0.05) is 18.6 Å². The van der Waals surface area contributed by atoms with E-state index in [1.807, 2.05) is 0 Å². The van der Waals surface area contributed by atoms with Gasteiger partial charge >= 0.3 is 5.97 Å². The van der Waals surface area contributed by atoms with Crippen molar-refractivity contribution >= 4 is 27.6 Å². The van der Waals surface area contributed by atoms with E-state index in [2.05, 4.69) is 4.74 Å². The van der Waals surface area contributed by atoms with Crippen LogP contribution in [0.5, 0.6) is 5.75 Å². The van der Waals surface area contributed by atoms with Crippen molar-refractivity contribution in [2.45, 2.75) is 37.0 Å². The van der Waals surface area contributed by atoms with Gasteiger partial charge in [-0.2, -0.15) is 4.31 Å². The van der Waals surface area contributed by atoms with Gasteiger partial charge in [-0.3, -0.25) is 9.59 Å². The lowest BCUT2D eigenvalue weighted by Crippen LogP contribution is -2.35. The van der Waals surface area contributed by atoms with Gasteiger partial charge in [0.1, 0.15) is 5.75 Å². The van der Waals surface area contributed by atoms with E-state index in [9.17, 15) is 18.0 Å². The summed E-state index contributed by atoms with van der Waals surface area (Å²) < 4.78 is 37.8. The van der Waals surface area contributed by atoms with Gasteiger partial charge in [0.2, 0.25) is 10.0 Å². The van der Waals surface area contributed by atoms with Crippen molar-refractivity contribution in [3.63, 3.8) is 0 Å². The van der Waals surface area contributed by atoms with E-state index < -0.39 is 10.0 Å². The Balaban J connectivity index is 1.38. The second-order valence-corrected chi connectivity index (χ2v) is 10.2. The molecule has 1 fully saturated rings. The maximum Gasteiger partial charge on any atom is 0.309 e. The molecule has 2 heterocycles. The van der Waals surface area contributed by atoms with E-state index in [1.54, 1.807) is 51.7 Å². The molecular formula is C24H28N2O6S. The number of hydrogen-bond acceptors (Lipinski definition) is 6. The Hall–Kier alpha value is -2.91. The van der Waals surface area contributed by atoms with E-state index in [0.29, 0.717) is 36.7 Å². The molecule has 0 atom stereocenters. The minimum atomic E-state index is -3.50. The largest absolute Gasteiger partial charge is 0.484 e. The van der Waals surface area contributed by atoms with E-state index in [0.717, 1.165) is 36.1 Å². The van der Waals surface area contributed by atoms with Gasteiger partial charge in [-0.25, -0.2) is 8.42 Å². The van der Waals surface area contributed by atoms with E-state index >= 15 is 0 Å². The summed E-state index contributed by atoms with van der Waals surface area (Å²) in [7, 11) is -2.16. The SMILES string of the molecule is COC(=O)Cc1ccc(OCC(=O)N2CCc3cc(S(=O)(=O)N4CCCCC4)ccc32)cc1. The molecule has 0 spiro atoms. The molecule has 0 bridgehead atoms. The quantitative estimate of drug-likeness (QED) is 0.575. The van der Waals surface area contributed by atoms with Crippen molar-refractivity contribution in [3.05, 3.63) is 53.6 Å². The Morgan fingerprint density at radius 2 is 1.70 bits per heavy atom. The molecule has 0 aliphatic carbocycles. The number of rotatable bonds is 7. The molecule has 2 aromatic carbocycles. The molecular weight excluding hydrogens is 444 g/mol. The number of ether oxygens (including phenoxy) is 2. The molecule has 0 aromatic heterocycles. The van der Waals surface area contributed by atoms with Crippen LogP contribution in [0.1, 0.15) is 30.4 Å². The standard InChI is InChI=1S/C24H28N2O6S/c1-31-24(28)15-18-5-7-20(8-6-18)32-17-23(27)26-14-11-19-16-21(9-10-22(19)26)33(29,30)25-12-3-2-4-13-25/h5-10,16H,2-4,11-15,17H2,1H3. The number of carbonyl (C=O) groups is 2. The minimum absolute atomic E-state index is 0.135. The highest BCUT2D eigenvalue weighted by Crippen LogP contribution is 2.32. The zero-order valence-corrected chi connectivity index (χ0v) is 19.5. The maximum atomic E-state index is 13.0. The molecule has 1 amide bonds. The summed E-state index contributed by atoms with van der Waals surface area (Å²) >= 11 is 0. The van der Waals surface area contributed by atoms with Crippen molar-refractivity contribution in [1.29, 1.82) is 0 Å².